The average Bonchev–Trinajstić information content (AvgIpc) is 2.80. The van der Waals surface area contributed by atoms with Gasteiger partial charge in [-0.25, -0.2) is 0 Å². The molecule has 0 saturated heterocycles. The molecule has 0 amide bonds. The summed E-state index contributed by atoms with van der Waals surface area (Å²) in [4.78, 5) is 6.32. The van der Waals surface area contributed by atoms with E-state index in [1.54, 1.807) is 12.4 Å². The Bertz CT molecular complexity index is 922. The minimum Gasteiger partial charge on any atom is -0.489 e. The van der Waals surface area contributed by atoms with Gasteiger partial charge in [0.15, 0.2) is 0 Å². The van der Waals surface area contributed by atoms with Crippen LogP contribution in [-0.2, 0) is 13.0 Å². The predicted molar refractivity (Wildman–Crippen MR) is 127 cm³/mol. The van der Waals surface area contributed by atoms with Crippen molar-refractivity contribution in [1.82, 2.24) is 15.2 Å². The van der Waals surface area contributed by atoms with Crippen molar-refractivity contribution < 1.29 is 9.84 Å². The highest BCUT2D eigenvalue weighted by Gasteiger charge is 2.19. The Morgan fingerprint density at radius 2 is 2.06 bits per heavy atom. The van der Waals surface area contributed by atoms with Crippen LogP contribution in [0.2, 0.25) is 0 Å². The van der Waals surface area contributed by atoms with Gasteiger partial charge >= 0.3 is 0 Å². The van der Waals surface area contributed by atoms with Crippen molar-refractivity contribution in [1.29, 1.82) is 0 Å². The number of nitrogens with zero attached hydrogens (tertiary/aromatic N) is 2. The third-order valence-electron chi connectivity index (χ3n) is 5.47. The van der Waals surface area contributed by atoms with Crippen LogP contribution in [0.25, 0.3) is 5.70 Å². The maximum absolute atomic E-state index is 10.5. The Balaban J connectivity index is 1.47. The SMILES string of the molecule is C=C(NCC(O)CN1CCc2cc(OCC(/C=C\C)=C/C)ccc2C1)c1ccncc1. The molecule has 0 bridgehead atoms. The normalized spacial score (nSPS) is 15.5. The number of benzene rings is 1. The number of pyridine rings is 1. The van der Waals surface area contributed by atoms with E-state index < -0.39 is 6.10 Å². The number of allylic oxidation sites excluding steroid dienone is 2. The van der Waals surface area contributed by atoms with Crippen LogP contribution >= 0.6 is 0 Å². The van der Waals surface area contributed by atoms with Crippen molar-refractivity contribution in [3.8, 4) is 5.75 Å². The van der Waals surface area contributed by atoms with E-state index in [0.29, 0.717) is 19.7 Å². The average molecular weight is 420 g/mol. The van der Waals surface area contributed by atoms with E-state index >= 15 is 0 Å². The van der Waals surface area contributed by atoms with Gasteiger partial charge in [0.2, 0.25) is 0 Å². The van der Waals surface area contributed by atoms with Crippen LogP contribution in [0, 0.1) is 0 Å². The first-order valence-electron chi connectivity index (χ1n) is 10.8. The van der Waals surface area contributed by atoms with E-state index in [1.165, 1.54) is 16.7 Å². The molecule has 31 heavy (non-hydrogen) atoms. The molecule has 1 aromatic heterocycles. The van der Waals surface area contributed by atoms with Gasteiger partial charge in [-0.3, -0.25) is 9.88 Å². The molecule has 1 atom stereocenters. The molecule has 2 N–H and O–H groups in total. The molecule has 1 aromatic carbocycles. The maximum Gasteiger partial charge on any atom is 0.120 e. The number of hydrogen-bond acceptors (Lipinski definition) is 5. The third-order valence-corrected chi connectivity index (χ3v) is 5.47. The van der Waals surface area contributed by atoms with Crippen LogP contribution in [0.3, 0.4) is 0 Å². The predicted octanol–water partition coefficient (Wildman–Crippen LogP) is 3.96. The van der Waals surface area contributed by atoms with Crippen molar-refractivity contribution in [3.63, 3.8) is 0 Å². The first kappa shape index (κ1) is 22.8. The van der Waals surface area contributed by atoms with E-state index in [1.807, 2.05) is 38.1 Å². The summed E-state index contributed by atoms with van der Waals surface area (Å²) in [5, 5.41) is 13.7. The highest BCUT2D eigenvalue weighted by atomic mass is 16.5. The third kappa shape index (κ3) is 6.81. The maximum atomic E-state index is 10.5. The van der Waals surface area contributed by atoms with Crippen molar-refractivity contribution >= 4 is 5.70 Å². The molecule has 0 saturated carbocycles. The number of hydrogen-bond donors (Lipinski definition) is 2. The fourth-order valence-electron chi connectivity index (χ4n) is 3.70. The second-order valence-electron chi connectivity index (χ2n) is 7.82. The van der Waals surface area contributed by atoms with Gasteiger partial charge in [-0.05, 0) is 61.2 Å². The first-order chi connectivity index (χ1) is 15.1. The van der Waals surface area contributed by atoms with Crippen LogP contribution in [0.15, 0.2) is 73.1 Å². The lowest BCUT2D eigenvalue weighted by molar-refractivity contribution is 0.107. The highest BCUT2D eigenvalue weighted by Crippen LogP contribution is 2.24. The number of aliphatic hydroxyl groups is 1. The molecule has 2 heterocycles. The topological polar surface area (TPSA) is 57.6 Å². The molecule has 3 rings (SSSR count). The molecule has 1 aliphatic heterocycles. The van der Waals surface area contributed by atoms with Crippen LogP contribution in [0.4, 0.5) is 0 Å². The molecule has 5 nitrogen and oxygen atoms in total. The Kier molecular flexibility index (Phi) is 8.44. The number of rotatable bonds is 10. The standard InChI is InChI=1S/C26H33N3O2/c1-4-6-21(5-2)19-31-26-8-7-24-17-29(14-11-23(24)15-26)18-25(30)16-28-20(3)22-9-12-27-13-10-22/h4-10,12-13,15,25,28,30H,3,11,14,16-19H2,1-2H3/b6-4-,21-5+. The minimum atomic E-state index is -0.464. The molecule has 5 heteroatoms. The molecular formula is C26H33N3O2. The van der Waals surface area contributed by atoms with Gasteiger partial charge in [0.1, 0.15) is 12.4 Å². The van der Waals surface area contributed by atoms with Crippen molar-refractivity contribution in [2.24, 2.45) is 0 Å². The zero-order chi connectivity index (χ0) is 22.1. The Hall–Kier alpha value is -2.89. The smallest absolute Gasteiger partial charge is 0.120 e. The summed E-state index contributed by atoms with van der Waals surface area (Å²) in [5.74, 6) is 0.912. The lowest BCUT2D eigenvalue weighted by Crippen LogP contribution is -2.40. The summed E-state index contributed by atoms with van der Waals surface area (Å²) in [7, 11) is 0. The Labute approximate surface area is 185 Å². The lowest BCUT2D eigenvalue weighted by atomic mass is 9.99. The van der Waals surface area contributed by atoms with Crippen LogP contribution < -0.4 is 10.1 Å². The number of nitrogens with one attached hydrogen (secondary N) is 1. The molecule has 0 radical (unpaired) electrons. The van der Waals surface area contributed by atoms with E-state index in [4.69, 9.17) is 4.74 Å². The first-order valence-corrected chi connectivity index (χ1v) is 10.8. The molecular weight excluding hydrogens is 386 g/mol. The summed E-state index contributed by atoms with van der Waals surface area (Å²) < 4.78 is 5.97. The molecule has 0 spiro atoms. The Morgan fingerprint density at radius 3 is 2.81 bits per heavy atom. The van der Waals surface area contributed by atoms with Gasteiger partial charge in [-0.15, -0.1) is 0 Å². The van der Waals surface area contributed by atoms with Gasteiger partial charge in [-0.1, -0.05) is 30.9 Å². The van der Waals surface area contributed by atoms with E-state index in [9.17, 15) is 5.11 Å². The summed E-state index contributed by atoms with van der Waals surface area (Å²) in [6, 6.07) is 10.2. The molecule has 0 aliphatic carbocycles. The number of aromatic nitrogens is 1. The van der Waals surface area contributed by atoms with Crippen molar-refractivity contribution in [2.75, 3.05) is 26.2 Å². The fourth-order valence-corrected chi connectivity index (χ4v) is 3.70. The molecule has 2 aromatic rings. The van der Waals surface area contributed by atoms with E-state index in [-0.39, 0.29) is 0 Å². The second kappa shape index (κ2) is 11.5. The number of β-amino-alcohol motifs (C(OH)–C–C–N with tert-alkyl or cyclic N) is 1. The van der Waals surface area contributed by atoms with Gasteiger partial charge < -0.3 is 15.2 Å². The number of ether oxygens (including phenoxy) is 1. The van der Waals surface area contributed by atoms with Crippen molar-refractivity contribution in [2.45, 2.75) is 32.9 Å². The fraction of sp³-hybridized carbons (Fsp3) is 0.346. The van der Waals surface area contributed by atoms with Crippen LogP contribution in [0.5, 0.6) is 5.75 Å². The lowest BCUT2D eigenvalue weighted by Gasteiger charge is -2.30. The van der Waals surface area contributed by atoms with E-state index in [0.717, 1.165) is 36.5 Å². The van der Waals surface area contributed by atoms with Crippen molar-refractivity contribution in [3.05, 3.63) is 89.8 Å². The van der Waals surface area contributed by atoms with Gasteiger partial charge in [0.25, 0.3) is 0 Å². The molecule has 1 aliphatic rings. The van der Waals surface area contributed by atoms with Gasteiger partial charge in [0.05, 0.1) is 6.10 Å². The zero-order valence-corrected chi connectivity index (χ0v) is 18.6. The highest BCUT2D eigenvalue weighted by molar-refractivity contribution is 5.60. The summed E-state index contributed by atoms with van der Waals surface area (Å²) in [5.41, 5.74) is 5.59. The monoisotopic (exact) mass is 419 g/mol. The van der Waals surface area contributed by atoms with Crippen LogP contribution in [-0.4, -0.2) is 47.3 Å². The van der Waals surface area contributed by atoms with Crippen LogP contribution in [0.1, 0.15) is 30.5 Å². The second-order valence-corrected chi connectivity index (χ2v) is 7.82. The summed E-state index contributed by atoms with van der Waals surface area (Å²) in [6.07, 6.45) is 10.1. The molecule has 164 valence electrons. The number of fused-ring (bicyclic) bond motifs is 1. The number of aliphatic hydroxyl groups excluding tert-OH is 1. The van der Waals surface area contributed by atoms with Gasteiger partial charge in [0, 0.05) is 49.8 Å². The molecule has 1 unspecified atom stereocenters. The van der Waals surface area contributed by atoms with Gasteiger partial charge in [-0.2, -0.15) is 0 Å². The van der Waals surface area contributed by atoms with E-state index in [2.05, 4.69) is 46.1 Å². The zero-order valence-electron chi connectivity index (χ0n) is 18.6. The Morgan fingerprint density at radius 1 is 1.26 bits per heavy atom. The summed E-state index contributed by atoms with van der Waals surface area (Å²) >= 11 is 0. The largest absolute Gasteiger partial charge is 0.489 e. The minimum absolute atomic E-state index is 0.464. The molecule has 0 fully saturated rings. The quantitative estimate of drug-likeness (QED) is 0.571. The summed E-state index contributed by atoms with van der Waals surface area (Å²) in [6.45, 7) is 11.5.